The smallest absolute Gasteiger partial charge is 0.259 e. The molecule has 3 aromatic carbocycles. The number of carbonyl (C=O) groups excluding carboxylic acids is 1. The first-order chi connectivity index (χ1) is 13.7. The van der Waals surface area contributed by atoms with E-state index in [1.54, 1.807) is 13.2 Å². The minimum absolute atomic E-state index is 0.164. The molecule has 3 heteroatoms. The number of allylic oxidation sites excluding steroid dienone is 1. The Morgan fingerprint density at radius 3 is 2.57 bits per heavy atom. The van der Waals surface area contributed by atoms with Gasteiger partial charge in [0.15, 0.2) is 0 Å². The Balaban J connectivity index is 1.59. The van der Waals surface area contributed by atoms with Gasteiger partial charge >= 0.3 is 0 Å². The molecule has 1 N–H and O–H groups in total. The van der Waals surface area contributed by atoms with Crippen LogP contribution in [0.2, 0.25) is 0 Å². The van der Waals surface area contributed by atoms with Crippen molar-refractivity contribution in [2.24, 2.45) is 0 Å². The number of methoxy groups -OCH3 is 1. The molecule has 0 radical (unpaired) electrons. The topological polar surface area (TPSA) is 38.3 Å². The summed E-state index contributed by atoms with van der Waals surface area (Å²) in [5.41, 5.74) is 7.29. The molecule has 0 unspecified atom stereocenters. The molecule has 28 heavy (non-hydrogen) atoms. The van der Waals surface area contributed by atoms with Crippen molar-refractivity contribution in [1.82, 2.24) is 0 Å². The van der Waals surface area contributed by atoms with Crippen LogP contribution in [0.1, 0.15) is 33.5 Å². The van der Waals surface area contributed by atoms with Crippen LogP contribution in [0.15, 0.2) is 66.7 Å². The molecule has 140 valence electrons. The van der Waals surface area contributed by atoms with Gasteiger partial charge in [-0.1, -0.05) is 54.6 Å². The maximum atomic E-state index is 12.8. The van der Waals surface area contributed by atoms with E-state index in [-0.39, 0.29) is 5.91 Å². The van der Waals surface area contributed by atoms with Crippen LogP contribution < -0.4 is 10.1 Å². The standard InChI is InChI=1S/C25H23NO2/c1-17-7-5-12-23(28-2)24(17)25(27)26-20-15-13-19(14-16-20)22-11-6-9-18-8-3-4-10-21(18)22/h4-7,9-16H,3,8H2,1-2H3,(H,26,27). The van der Waals surface area contributed by atoms with E-state index < -0.39 is 0 Å². The third-order valence-electron chi connectivity index (χ3n) is 5.20. The van der Waals surface area contributed by atoms with Gasteiger partial charge in [0.2, 0.25) is 0 Å². The summed E-state index contributed by atoms with van der Waals surface area (Å²) in [6.45, 7) is 1.91. The zero-order chi connectivity index (χ0) is 19.5. The Labute approximate surface area is 165 Å². The fourth-order valence-corrected chi connectivity index (χ4v) is 3.75. The van der Waals surface area contributed by atoms with Crippen molar-refractivity contribution in [1.29, 1.82) is 0 Å². The summed E-state index contributed by atoms with van der Waals surface area (Å²) in [7, 11) is 1.58. The van der Waals surface area contributed by atoms with Gasteiger partial charge in [-0.25, -0.2) is 0 Å². The molecule has 0 bridgehead atoms. The van der Waals surface area contributed by atoms with Gasteiger partial charge in [-0.2, -0.15) is 0 Å². The highest BCUT2D eigenvalue weighted by molar-refractivity contribution is 6.07. The molecule has 0 spiro atoms. The van der Waals surface area contributed by atoms with E-state index in [1.165, 1.54) is 16.7 Å². The molecule has 1 aliphatic carbocycles. The lowest BCUT2D eigenvalue weighted by atomic mass is 9.90. The molecule has 1 aliphatic rings. The molecule has 0 atom stereocenters. The van der Waals surface area contributed by atoms with Gasteiger partial charge in [0.05, 0.1) is 12.7 Å². The second-order valence-corrected chi connectivity index (χ2v) is 7.00. The number of rotatable bonds is 4. The Kier molecular flexibility index (Phi) is 4.98. The zero-order valence-corrected chi connectivity index (χ0v) is 16.2. The van der Waals surface area contributed by atoms with E-state index >= 15 is 0 Å². The van der Waals surface area contributed by atoms with E-state index in [1.807, 2.05) is 31.2 Å². The lowest BCUT2D eigenvalue weighted by Gasteiger charge is -2.16. The predicted octanol–water partition coefficient (Wildman–Crippen LogP) is 5.88. The van der Waals surface area contributed by atoms with E-state index in [4.69, 9.17) is 4.74 Å². The fraction of sp³-hybridized carbons (Fsp3) is 0.160. The van der Waals surface area contributed by atoms with Gasteiger partial charge in [-0.05, 0) is 65.8 Å². The molecule has 0 saturated heterocycles. The first-order valence-electron chi connectivity index (χ1n) is 9.51. The second-order valence-electron chi connectivity index (χ2n) is 7.00. The summed E-state index contributed by atoms with van der Waals surface area (Å²) in [6, 6.07) is 20.1. The molecule has 0 heterocycles. The maximum Gasteiger partial charge on any atom is 0.259 e. The number of carbonyl (C=O) groups is 1. The number of nitrogens with one attached hydrogen (secondary N) is 1. The van der Waals surface area contributed by atoms with Gasteiger partial charge in [0, 0.05) is 5.69 Å². The minimum atomic E-state index is -0.164. The van der Waals surface area contributed by atoms with Gasteiger partial charge in [0.1, 0.15) is 5.75 Å². The van der Waals surface area contributed by atoms with E-state index in [0.717, 1.165) is 29.7 Å². The van der Waals surface area contributed by atoms with Crippen LogP contribution in [0.25, 0.3) is 17.2 Å². The summed E-state index contributed by atoms with van der Waals surface area (Å²) >= 11 is 0. The molecule has 3 aromatic rings. The van der Waals surface area contributed by atoms with E-state index in [9.17, 15) is 4.79 Å². The monoisotopic (exact) mass is 369 g/mol. The van der Waals surface area contributed by atoms with Gasteiger partial charge < -0.3 is 10.1 Å². The molecule has 0 fully saturated rings. The van der Waals surface area contributed by atoms with E-state index in [0.29, 0.717) is 11.3 Å². The van der Waals surface area contributed by atoms with Crippen LogP contribution in [-0.2, 0) is 6.42 Å². The number of amides is 1. The molecular weight excluding hydrogens is 346 g/mol. The highest BCUT2D eigenvalue weighted by atomic mass is 16.5. The van der Waals surface area contributed by atoms with Crippen LogP contribution in [-0.4, -0.2) is 13.0 Å². The summed E-state index contributed by atoms with van der Waals surface area (Å²) < 4.78 is 5.35. The SMILES string of the molecule is COc1cccc(C)c1C(=O)Nc1ccc(-c2cccc3c2C=CCC3)cc1. The van der Waals surface area contributed by atoms with Crippen molar-refractivity contribution in [2.45, 2.75) is 19.8 Å². The Morgan fingerprint density at radius 2 is 1.79 bits per heavy atom. The normalized spacial score (nSPS) is 12.4. The lowest BCUT2D eigenvalue weighted by molar-refractivity contribution is 0.102. The largest absolute Gasteiger partial charge is 0.496 e. The van der Waals surface area contributed by atoms with Crippen molar-refractivity contribution in [3.8, 4) is 16.9 Å². The highest BCUT2D eigenvalue weighted by Gasteiger charge is 2.15. The Hall–Kier alpha value is -3.33. The van der Waals surface area contributed by atoms with Crippen LogP contribution in [0.3, 0.4) is 0 Å². The third kappa shape index (κ3) is 3.44. The number of aryl methyl sites for hydroxylation is 2. The van der Waals surface area contributed by atoms with Gasteiger partial charge in [-0.15, -0.1) is 0 Å². The number of fused-ring (bicyclic) bond motifs is 1. The average molecular weight is 369 g/mol. The number of anilines is 1. The second kappa shape index (κ2) is 7.73. The van der Waals surface area contributed by atoms with Crippen LogP contribution in [0.5, 0.6) is 5.75 Å². The number of hydrogen-bond donors (Lipinski definition) is 1. The minimum Gasteiger partial charge on any atom is -0.496 e. The zero-order valence-electron chi connectivity index (χ0n) is 16.2. The summed E-state index contributed by atoms with van der Waals surface area (Å²) in [5.74, 6) is 0.416. The summed E-state index contributed by atoms with van der Waals surface area (Å²) in [6.07, 6.45) is 6.64. The number of hydrogen-bond acceptors (Lipinski definition) is 2. The Morgan fingerprint density at radius 1 is 1.00 bits per heavy atom. The fourth-order valence-electron chi connectivity index (χ4n) is 3.75. The third-order valence-corrected chi connectivity index (χ3v) is 5.20. The molecule has 4 rings (SSSR count). The van der Waals surface area contributed by atoms with Crippen LogP contribution >= 0.6 is 0 Å². The molecule has 0 saturated carbocycles. The van der Waals surface area contributed by atoms with Gasteiger partial charge in [-0.3, -0.25) is 4.79 Å². The van der Waals surface area contributed by atoms with Crippen molar-refractivity contribution in [2.75, 3.05) is 12.4 Å². The first-order valence-corrected chi connectivity index (χ1v) is 9.51. The maximum absolute atomic E-state index is 12.8. The summed E-state index contributed by atoms with van der Waals surface area (Å²) in [4.78, 5) is 12.8. The quantitative estimate of drug-likeness (QED) is 0.623. The first kappa shape index (κ1) is 18.1. The molecule has 0 aliphatic heterocycles. The molecule has 1 amide bonds. The highest BCUT2D eigenvalue weighted by Crippen LogP contribution is 2.31. The Bertz CT molecular complexity index is 1050. The summed E-state index contributed by atoms with van der Waals surface area (Å²) in [5, 5.41) is 2.98. The molecule has 0 aromatic heterocycles. The predicted molar refractivity (Wildman–Crippen MR) is 115 cm³/mol. The molecule has 3 nitrogen and oxygen atoms in total. The van der Waals surface area contributed by atoms with Crippen molar-refractivity contribution in [3.63, 3.8) is 0 Å². The number of benzene rings is 3. The van der Waals surface area contributed by atoms with Crippen LogP contribution in [0.4, 0.5) is 5.69 Å². The molecular formula is C25H23NO2. The van der Waals surface area contributed by atoms with Gasteiger partial charge in [0.25, 0.3) is 5.91 Å². The lowest BCUT2D eigenvalue weighted by Crippen LogP contribution is -2.14. The van der Waals surface area contributed by atoms with Crippen molar-refractivity contribution in [3.05, 3.63) is 89.0 Å². The van der Waals surface area contributed by atoms with E-state index in [2.05, 4.69) is 47.8 Å². The average Bonchev–Trinajstić information content (AvgIpc) is 2.73. The van der Waals surface area contributed by atoms with Crippen molar-refractivity contribution < 1.29 is 9.53 Å². The van der Waals surface area contributed by atoms with Crippen LogP contribution in [0, 0.1) is 6.92 Å². The van der Waals surface area contributed by atoms with Crippen molar-refractivity contribution >= 4 is 17.7 Å². The number of ether oxygens (including phenoxy) is 1.